The lowest BCUT2D eigenvalue weighted by Gasteiger charge is -2.32. The van der Waals surface area contributed by atoms with E-state index in [2.05, 4.69) is 26.9 Å². The van der Waals surface area contributed by atoms with Gasteiger partial charge in [0, 0.05) is 6.04 Å². The highest BCUT2D eigenvalue weighted by Gasteiger charge is 2.35. The number of amides is 1. The molecule has 1 atom stereocenters. The van der Waals surface area contributed by atoms with E-state index in [0.29, 0.717) is 6.04 Å². The molecule has 1 heterocycles. The third kappa shape index (κ3) is 4.36. The van der Waals surface area contributed by atoms with Gasteiger partial charge in [-0.05, 0) is 32.6 Å². The Morgan fingerprint density at radius 3 is 2.78 bits per heavy atom. The zero-order valence-corrected chi connectivity index (χ0v) is 14.8. The molecule has 2 aliphatic rings. The molecule has 3 rings (SSSR count). The van der Waals surface area contributed by atoms with E-state index in [4.69, 9.17) is 0 Å². The van der Waals surface area contributed by atoms with Crippen molar-refractivity contribution in [1.29, 1.82) is 5.26 Å². The molecule has 8 heteroatoms. The summed E-state index contributed by atoms with van der Waals surface area (Å²) in [5, 5.41) is 24.5. The molecule has 1 aromatic heterocycles. The SMILES string of the molecule is CC(Sc1nnc(NC2CC2)s1)C(=O)NC1(C#N)CCCCC1. The molecule has 124 valence electrons. The second-order valence-corrected chi connectivity index (χ2v) is 8.86. The number of hydrogen-bond acceptors (Lipinski definition) is 7. The predicted molar refractivity (Wildman–Crippen MR) is 91.4 cm³/mol. The summed E-state index contributed by atoms with van der Waals surface area (Å²) in [6.45, 7) is 1.85. The summed E-state index contributed by atoms with van der Waals surface area (Å²) in [6, 6.07) is 2.87. The van der Waals surface area contributed by atoms with Crippen molar-refractivity contribution in [2.75, 3.05) is 5.32 Å². The third-order valence-electron chi connectivity index (χ3n) is 4.24. The largest absolute Gasteiger partial charge is 0.357 e. The minimum atomic E-state index is -0.677. The molecule has 2 fully saturated rings. The summed E-state index contributed by atoms with van der Waals surface area (Å²) in [6.07, 6.45) is 7.03. The second kappa shape index (κ2) is 7.05. The van der Waals surface area contributed by atoms with Crippen LogP contribution in [0.3, 0.4) is 0 Å². The van der Waals surface area contributed by atoms with Gasteiger partial charge in [-0.2, -0.15) is 5.26 Å². The number of aromatic nitrogens is 2. The molecule has 1 aromatic rings. The van der Waals surface area contributed by atoms with Gasteiger partial charge in [0.15, 0.2) is 4.34 Å². The van der Waals surface area contributed by atoms with Gasteiger partial charge in [0.1, 0.15) is 5.54 Å². The predicted octanol–water partition coefficient (Wildman–Crippen LogP) is 2.94. The molecule has 2 N–H and O–H groups in total. The van der Waals surface area contributed by atoms with Crippen molar-refractivity contribution in [3.05, 3.63) is 0 Å². The van der Waals surface area contributed by atoms with Crippen LogP contribution in [0.15, 0.2) is 4.34 Å². The van der Waals surface area contributed by atoms with Crippen molar-refractivity contribution in [1.82, 2.24) is 15.5 Å². The number of nitrogens with zero attached hydrogens (tertiary/aromatic N) is 3. The summed E-state index contributed by atoms with van der Waals surface area (Å²) in [5.41, 5.74) is -0.677. The van der Waals surface area contributed by atoms with Crippen LogP contribution >= 0.6 is 23.1 Å². The summed E-state index contributed by atoms with van der Waals surface area (Å²) >= 11 is 2.88. The van der Waals surface area contributed by atoms with Crippen molar-refractivity contribution in [2.45, 2.75) is 73.0 Å². The average molecular weight is 352 g/mol. The molecular formula is C15H21N5OS2. The number of hydrogen-bond donors (Lipinski definition) is 2. The zero-order valence-electron chi connectivity index (χ0n) is 13.2. The highest BCUT2D eigenvalue weighted by atomic mass is 32.2. The van der Waals surface area contributed by atoms with E-state index in [1.165, 1.54) is 35.9 Å². The maximum Gasteiger partial charge on any atom is 0.234 e. The minimum Gasteiger partial charge on any atom is -0.357 e. The number of rotatable bonds is 6. The minimum absolute atomic E-state index is 0.0923. The van der Waals surface area contributed by atoms with Gasteiger partial charge in [0.25, 0.3) is 0 Å². The lowest BCUT2D eigenvalue weighted by atomic mass is 9.83. The number of anilines is 1. The number of nitriles is 1. The number of carbonyl (C=O) groups excluding carboxylic acids is 1. The van der Waals surface area contributed by atoms with Gasteiger partial charge < -0.3 is 10.6 Å². The van der Waals surface area contributed by atoms with Crippen LogP contribution in [0.1, 0.15) is 51.9 Å². The second-order valence-electron chi connectivity index (χ2n) is 6.30. The van der Waals surface area contributed by atoms with Crippen molar-refractivity contribution < 1.29 is 4.79 Å². The normalized spacial score (nSPS) is 21.2. The summed E-state index contributed by atoms with van der Waals surface area (Å²) in [4.78, 5) is 12.4. The first-order valence-corrected chi connectivity index (χ1v) is 9.80. The van der Waals surface area contributed by atoms with E-state index in [9.17, 15) is 10.1 Å². The molecule has 0 aromatic carbocycles. The van der Waals surface area contributed by atoms with Crippen LogP contribution in [0, 0.1) is 11.3 Å². The number of thioether (sulfide) groups is 1. The highest BCUT2D eigenvalue weighted by Crippen LogP contribution is 2.33. The average Bonchev–Trinajstić information content (AvgIpc) is 3.26. The number of nitrogens with one attached hydrogen (secondary N) is 2. The monoisotopic (exact) mass is 351 g/mol. The Labute approximate surface area is 144 Å². The fraction of sp³-hybridized carbons (Fsp3) is 0.733. The summed E-state index contributed by atoms with van der Waals surface area (Å²) in [5.74, 6) is -0.0923. The Kier molecular flexibility index (Phi) is 5.07. The van der Waals surface area contributed by atoms with Crippen LogP contribution in [0.25, 0.3) is 0 Å². The standard InChI is InChI=1S/C15H21N5OS2/c1-10(12(21)18-15(9-16)7-3-2-4-8-15)22-14-20-19-13(23-14)17-11-5-6-11/h10-11H,2-8H2,1H3,(H,17,19)(H,18,21). The van der Waals surface area contributed by atoms with Crippen LogP contribution in [-0.4, -0.2) is 32.9 Å². The summed E-state index contributed by atoms with van der Waals surface area (Å²) < 4.78 is 0.783. The zero-order chi connectivity index (χ0) is 16.3. The van der Waals surface area contributed by atoms with E-state index in [-0.39, 0.29) is 11.2 Å². The molecule has 0 saturated heterocycles. The molecule has 6 nitrogen and oxygen atoms in total. The van der Waals surface area contributed by atoms with E-state index in [1.54, 1.807) is 0 Å². The maximum absolute atomic E-state index is 12.4. The Morgan fingerprint density at radius 1 is 1.39 bits per heavy atom. The van der Waals surface area contributed by atoms with Crippen LogP contribution in [-0.2, 0) is 4.79 Å². The van der Waals surface area contributed by atoms with Gasteiger partial charge >= 0.3 is 0 Å². The molecule has 1 unspecified atom stereocenters. The summed E-state index contributed by atoms with van der Waals surface area (Å²) in [7, 11) is 0. The van der Waals surface area contributed by atoms with Gasteiger partial charge in [-0.3, -0.25) is 4.79 Å². The van der Waals surface area contributed by atoms with Gasteiger partial charge in [-0.15, -0.1) is 10.2 Å². The first kappa shape index (κ1) is 16.5. The quantitative estimate of drug-likeness (QED) is 0.766. The molecule has 2 aliphatic carbocycles. The first-order valence-electron chi connectivity index (χ1n) is 8.10. The fourth-order valence-corrected chi connectivity index (χ4v) is 4.65. The smallest absolute Gasteiger partial charge is 0.234 e. The van der Waals surface area contributed by atoms with E-state index < -0.39 is 5.54 Å². The van der Waals surface area contributed by atoms with E-state index >= 15 is 0 Å². The van der Waals surface area contributed by atoms with E-state index in [0.717, 1.165) is 41.6 Å². The van der Waals surface area contributed by atoms with Gasteiger partial charge in [-0.1, -0.05) is 42.4 Å². The fourth-order valence-electron chi connectivity index (χ4n) is 2.68. The Morgan fingerprint density at radius 2 is 2.13 bits per heavy atom. The third-order valence-corrected chi connectivity index (χ3v) is 6.28. The van der Waals surface area contributed by atoms with Gasteiger partial charge in [-0.25, -0.2) is 0 Å². The van der Waals surface area contributed by atoms with Crippen molar-refractivity contribution >= 4 is 34.1 Å². The Hall–Kier alpha value is -1.33. The van der Waals surface area contributed by atoms with Crippen LogP contribution < -0.4 is 10.6 Å². The van der Waals surface area contributed by atoms with Crippen LogP contribution in [0.5, 0.6) is 0 Å². The van der Waals surface area contributed by atoms with Gasteiger partial charge in [0.2, 0.25) is 11.0 Å². The van der Waals surface area contributed by atoms with Crippen molar-refractivity contribution in [3.8, 4) is 6.07 Å². The van der Waals surface area contributed by atoms with Gasteiger partial charge in [0.05, 0.1) is 11.3 Å². The molecular weight excluding hydrogens is 330 g/mol. The molecule has 0 spiro atoms. The highest BCUT2D eigenvalue weighted by molar-refractivity contribution is 8.02. The Bertz CT molecular complexity index is 601. The molecule has 1 amide bonds. The molecule has 23 heavy (non-hydrogen) atoms. The molecule has 0 radical (unpaired) electrons. The lowest BCUT2D eigenvalue weighted by molar-refractivity contribution is -0.121. The topological polar surface area (TPSA) is 90.7 Å². The molecule has 2 saturated carbocycles. The van der Waals surface area contributed by atoms with Crippen molar-refractivity contribution in [2.24, 2.45) is 0 Å². The lowest BCUT2D eigenvalue weighted by Crippen LogP contribution is -2.50. The molecule has 0 bridgehead atoms. The van der Waals surface area contributed by atoms with Crippen LogP contribution in [0.2, 0.25) is 0 Å². The first-order chi connectivity index (χ1) is 11.1. The van der Waals surface area contributed by atoms with Crippen LogP contribution in [0.4, 0.5) is 5.13 Å². The number of carbonyl (C=O) groups is 1. The van der Waals surface area contributed by atoms with E-state index in [1.807, 2.05) is 6.92 Å². The van der Waals surface area contributed by atoms with Crippen molar-refractivity contribution in [3.63, 3.8) is 0 Å². The Balaban J connectivity index is 1.54. The molecule has 0 aliphatic heterocycles. The maximum atomic E-state index is 12.4.